The van der Waals surface area contributed by atoms with E-state index in [0.717, 1.165) is 12.1 Å². The van der Waals surface area contributed by atoms with Crippen LogP contribution in [0.2, 0.25) is 0 Å². The summed E-state index contributed by atoms with van der Waals surface area (Å²) in [6.45, 7) is 6.39. The Morgan fingerprint density at radius 2 is 2.15 bits per heavy atom. The van der Waals surface area contributed by atoms with E-state index >= 15 is 0 Å². The van der Waals surface area contributed by atoms with Gasteiger partial charge < -0.3 is 5.73 Å². The fourth-order valence-corrected chi connectivity index (χ4v) is 1.65. The van der Waals surface area contributed by atoms with Crippen LogP contribution in [0, 0.1) is 5.92 Å². The van der Waals surface area contributed by atoms with Crippen molar-refractivity contribution in [2.75, 3.05) is 0 Å². The van der Waals surface area contributed by atoms with Crippen molar-refractivity contribution in [1.82, 2.24) is 4.98 Å². The molecular formula is C11H18N2. The van der Waals surface area contributed by atoms with Crippen molar-refractivity contribution in [3.8, 4) is 0 Å². The lowest BCUT2D eigenvalue weighted by Gasteiger charge is -2.25. The molecule has 0 saturated heterocycles. The molecule has 0 aliphatic carbocycles. The molecule has 2 heteroatoms. The van der Waals surface area contributed by atoms with Crippen LogP contribution in [0.1, 0.15) is 32.9 Å². The Morgan fingerprint density at radius 3 is 2.62 bits per heavy atom. The summed E-state index contributed by atoms with van der Waals surface area (Å²) in [5.74, 6) is 0.594. The molecule has 1 aromatic rings. The molecule has 72 valence electrons. The number of nitrogens with zero attached hydrogens (tertiary/aromatic N) is 1. The minimum Gasteiger partial charge on any atom is -0.320 e. The van der Waals surface area contributed by atoms with Gasteiger partial charge in [0, 0.05) is 6.20 Å². The Morgan fingerprint density at radius 1 is 1.46 bits per heavy atom. The van der Waals surface area contributed by atoms with E-state index in [2.05, 4.69) is 18.8 Å². The average molecular weight is 178 g/mol. The maximum atomic E-state index is 6.18. The monoisotopic (exact) mass is 178 g/mol. The minimum absolute atomic E-state index is 0.296. The second-order valence-electron chi connectivity index (χ2n) is 4.23. The lowest BCUT2D eigenvalue weighted by Crippen LogP contribution is -2.35. The summed E-state index contributed by atoms with van der Waals surface area (Å²) in [6.07, 6.45) is 2.75. The Labute approximate surface area is 80.2 Å². The average Bonchev–Trinajstić information content (AvgIpc) is 2.04. The molecule has 1 unspecified atom stereocenters. The number of rotatable bonds is 3. The molecule has 2 nitrogen and oxygen atoms in total. The SMILES string of the molecule is CC(C)CC(C)(N)c1ccccn1. The van der Waals surface area contributed by atoms with E-state index in [0.29, 0.717) is 5.92 Å². The van der Waals surface area contributed by atoms with Gasteiger partial charge in [-0.15, -0.1) is 0 Å². The maximum absolute atomic E-state index is 6.18. The van der Waals surface area contributed by atoms with E-state index < -0.39 is 0 Å². The Hall–Kier alpha value is -0.890. The highest BCUT2D eigenvalue weighted by atomic mass is 14.8. The van der Waals surface area contributed by atoms with E-state index in [-0.39, 0.29) is 5.54 Å². The van der Waals surface area contributed by atoms with Crippen LogP contribution in [0.15, 0.2) is 24.4 Å². The van der Waals surface area contributed by atoms with Crippen LogP contribution in [0.5, 0.6) is 0 Å². The first-order valence-electron chi connectivity index (χ1n) is 4.73. The summed E-state index contributed by atoms with van der Waals surface area (Å²) in [6, 6.07) is 5.88. The number of hydrogen-bond acceptors (Lipinski definition) is 2. The zero-order valence-corrected chi connectivity index (χ0v) is 8.62. The highest BCUT2D eigenvalue weighted by Crippen LogP contribution is 2.23. The van der Waals surface area contributed by atoms with Crippen molar-refractivity contribution in [2.45, 2.75) is 32.7 Å². The largest absolute Gasteiger partial charge is 0.320 e. The highest BCUT2D eigenvalue weighted by molar-refractivity contribution is 5.13. The summed E-state index contributed by atoms with van der Waals surface area (Å²) in [7, 11) is 0. The lowest BCUT2D eigenvalue weighted by atomic mass is 9.88. The molecule has 1 rings (SSSR count). The predicted molar refractivity (Wildman–Crippen MR) is 55.2 cm³/mol. The van der Waals surface area contributed by atoms with Gasteiger partial charge in [0.25, 0.3) is 0 Å². The van der Waals surface area contributed by atoms with E-state index in [1.54, 1.807) is 6.20 Å². The molecule has 0 aromatic carbocycles. The van der Waals surface area contributed by atoms with Gasteiger partial charge in [0.05, 0.1) is 11.2 Å². The molecule has 2 N–H and O–H groups in total. The van der Waals surface area contributed by atoms with Gasteiger partial charge in [-0.3, -0.25) is 4.98 Å². The third kappa shape index (κ3) is 2.81. The molecule has 1 heterocycles. The fraction of sp³-hybridized carbons (Fsp3) is 0.545. The van der Waals surface area contributed by atoms with Gasteiger partial charge in [0.2, 0.25) is 0 Å². The standard InChI is InChI=1S/C11H18N2/c1-9(2)8-11(3,12)10-6-4-5-7-13-10/h4-7,9H,8,12H2,1-3H3. The Balaban J connectivity index is 2.81. The smallest absolute Gasteiger partial charge is 0.0599 e. The van der Waals surface area contributed by atoms with Crippen molar-refractivity contribution in [3.63, 3.8) is 0 Å². The van der Waals surface area contributed by atoms with Crippen LogP contribution in [-0.4, -0.2) is 4.98 Å². The fourth-order valence-electron chi connectivity index (χ4n) is 1.65. The third-order valence-corrected chi connectivity index (χ3v) is 2.08. The van der Waals surface area contributed by atoms with Gasteiger partial charge >= 0.3 is 0 Å². The van der Waals surface area contributed by atoms with Crippen LogP contribution >= 0.6 is 0 Å². The number of pyridine rings is 1. The van der Waals surface area contributed by atoms with Gasteiger partial charge in [-0.1, -0.05) is 19.9 Å². The first-order valence-corrected chi connectivity index (χ1v) is 4.73. The third-order valence-electron chi connectivity index (χ3n) is 2.08. The van der Waals surface area contributed by atoms with Crippen LogP contribution in [0.3, 0.4) is 0 Å². The molecular weight excluding hydrogens is 160 g/mol. The summed E-state index contributed by atoms with van der Waals surface area (Å²) < 4.78 is 0. The summed E-state index contributed by atoms with van der Waals surface area (Å²) in [4.78, 5) is 4.28. The molecule has 0 spiro atoms. The molecule has 0 aliphatic rings. The lowest BCUT2D eigenvalue weighted by molar-refractivity contribution is 0.371. The van der Waals surface area contributed by atoms with Gasteiger partial charge in [0.1, 0.15) is 0 Å². The van der Waals surface area contributed by atoms with E-state index in [4.69, 9.17) is 5.73 Å². The summed E-state index contributed by atoms with van der Waals surface area (Å²) in [5.41, 5.74) is 6.86. The van der Waals surface area contributed by atoms with Crippen LogP contribution in [0.25, 0.3) is 0 Å². The van der Waals surface area contributed by atoms with E-state index in [9.17, 15) is 0 Å². The topological polar surface area (TPSA) is 38.9 Å². The second kappa shape index (κ2) is 3.88. The van der Waals surface area contributed by atoms with E-state index in [1.807, 2.05) is 25.1 Å². The Bertz CT molecular complexity index is 252. The maximum Gasteiger partial charge on any atom is 0.0599 e. The van der Waals surface area contributed by atoms with Crippen molar-refractivity contribution >= 4 is 0 Å². The molecule has 0 radical (unpaired) electrons. The van der Waals surface area contributed by atoms with Crippen LogP contribution in [-0.2, 0) is 5.54 Å². The van der Waals surface area contributed by atoms with Crippen molar-refractivity contribution in [3.05, 3.63) is 30.1 Å². The second-order valence-corrected chi connectivity index (χ2v) is 4.23. The first-order chi connectivity index (χ1) is 6.02. The molecule has 13 heavy (non-hydrogen) atoms. The van der Waals surface area contributed by atoms with E-state index in [1.165, 1.54) is 0 Å². The number of aromatic nitrogens is 1. The van der Waals surface area contributed by atoms with Gasteiger partial charge in [-0.25, -0.2) is 0 Å². The van der Waals surface area contributed by atoms with Gasteiger partial charge in [0.15, 0.2) is 0 Å². The summed E-state index contributed by atoms with van der Waals surface area (Å²) in [5, 5.41) is 0. The normalized spacial score (nSPS) is 15.8. The quantitative estimate of drug-likeness (QED) is 0.771. The van der Waals surface area contributed by atoms with Crippen molar-refractivity contribution in [2.24, 2.45) is 11.7 Å². The van der Waals surface area contributed by atoms with Crippen LogP contribution < -0.4 is 5.73 Å². The Kier molecular flexibility index (Phi) is 3.04. The summed E-state index contributed by atoms with van der Waals surface area (Å²) >= 11 is 0. The highest BCUT2D eigenvalue weighted by Gasteiger charge is 2.23. The molecule has 1 atom stereocenters. The number of nitrogens with two attached hydrogens (primary N) is 1. The van der Waals surface area contributed by atoms with Crippen LogP contribution in [0.4, 0.5) is 0 Å². The molecule has 0 amide bonds. The molecule has 0 aliphatic heterocycles. The molecule has 0 saturated carbocycles. The molecule has 1 aromatic heterocycles. The number of hydrogen-bond donors (Lipinski definition) is 1. The van der Waals surface area contributed by atoms with Gasteiger partial charge in [-0.2, -0.15) is 0 Å². The van der Waals surface area contributed by atoms with Gasteiger partial charge in [-0.05, 0) is 31.4 Å². The predicted octanol–water partition coefficient (Wildman–Crippen LogP) is 2.30. The van der Waals surface area contributed by atoms with Crippen molar-refractivity contribution in [1.29, 1.82) is 0 Å². The van der Waals surface area contributed by atoms with Crippen molar-refractivity contribution < 1.29 is 0 Å². The zero-order valence-electron chi connectivity index (χ0n) is 8.62. The zero-order chi connectivity index (χ0) is 9.90. The molecule has 0 bridgehead atoms. The minimum atomic E-state index is -0.296. The first kappa shape index (κ1) is 10.2. The molecule has 0 fully saturated rings.